The molecule has 0 bridgehead atoms. The molecule has 0 unspecified atom stereocenters. The van der Waals surface area contributed by atoms with Crippen molar-refractivity contribution in [3.63, 3.8) is 0 Å². The Balaban J connectivity index is 2.76. The molecule has 1 heterocycles. The molecule has 0 aromatic heterocycles. The quantitative estimate of drug-likeness (QED) is 0.735. The minimum Gasteiger partial charge on any atom is -0.375 e. The molecule has 0 amide bonds. The van der Waals surface area contributed by atoms with Gasteiger partial charge >= 0.3 is 0 Å². The zero-order valence-electron chi connectivity index (χ0n) is 9.93. The van der Waals surface area contributed by atoms with Crippen LogP contribution < -0.4 is 0 Å². The molecule has 1 fully saturated rings. The summed E-state index contributed by atoms with van der Waals surface area (Å²) in [5.74, 6) is 0.393. The summed E-state index contributed by atoms with van der Waals surface area (Å²) in [7, 11) is -3.11. The zero-order valence-corrected chi connectivity index (χ0v) is 10.8. The predicted octanol–water partition coefficient (Wildman–Crippen LogP) is 1.08. The highest BCUT2D eigenvalue weighted by atomic mass is 32.2. The maximum absolute atomic E-state index is 12.0. The lowest BCUT2D eigenvalue weighted by Gasteiger charge is -2.36. The molecule has 1 aliphatic rings. The third-order valence-electron chi connectivity index (χ3n) is 2.45. The Hall–Kier alpha value is -0.130. The number of nitrogens with zero attached hydrogens (tertiary/aromatic N) is 1. The van der Waals surface area contributed by atoms with Gasteiger partial charge in [0.2, 0.25) is 10.0 Å². The van der Waals surface area contributed by atoms with Crippen molar-refractivity contribution in [1.82, 2.24) is 4.31 Å². The van der Waals surface area contributed by atoms with Crippen LogP contribution in [0.4, 0.5) is 0 Å². The number of ether oxygens (including phenoxy) is 1. The Morgan fingerprint density at radius 2 is 2.00 bits per heavy atom. The van der Waals surface area contributed by atoms with Gasteiger partial charge in [0, 0.05) is 12.6 Å². The lowest BCUT2D eigenvalue weighted by Crippen LogP contribution is -2.51. The Morgan fingerprint density at radius 1 is 1.40 bits per heavy atom. The van der Waals surface area contributed by atoms with Crippen molar-refractivity contribution >= 4 is 10.0 Å². The lowest BCUT2D eigenvalue weighted by atomic mass is 10.2. The van der Waals surface area contributed by atoms with E-state index in [2.05, 4.69) is 0 Å². The Bertz CT molecular complexity index is 300. The highest BCUT2D eigenvalue weighted by Crippen LogP contribution is 2.17. The lowest BCUT2D eigenvalue weighted by molar-refractivity contribution is -0.0171. The molecule has 0 N–H and O–H groups in total. The second-order valence-corrected chi connectivity index (χ2v) is 6.70. The summed E-state index contributed by atoms with van der Waals surface area (Å²) in [6.07, 6.45) is 0.00290. The van der Waals surface area contributed by atoms with Gasteiger partial charge in [-0.05, 0) is 19.8 Å². The van der Waals surface area contributed by atoms with Gasteiger partial charge in [-0.2, -0.15) is 4.31 Å². The van der Waals surface area contributed by atoms with Gasteiger partial charge in [-0.25, -0.2) is 8.42 Å². The van der Waals surface area contributed by atoms with E-state index in [1.165, 1.54) is 0 Å². The van der Waals surface area contributed by atoms with Gasteiger partial charge in [-0.1, -0.05) is 13.8 Å². The van der Waals surface area contributed by atoms with E-state index in [1.54, 1.807) is 4.31 Å². The summed E-state index contributed by atoms with van der Waals surface area (Å²) < 4.78 is 31.0. The molecule has 5 heteroatoms. The largest absolute Gasteiger partial charge is 0.375 e. The molecule has 0 spiro atoms. The second kappa shape index (κ2) is 4.80. The van der Waals surface area contributed by atoms with E-state index in [1.807, 2.05) is 27.7 Å². The van der Waals surface area contributed by atoms with Crippen LogP contribution in [0.2, 0.25) is 0 Å². The van der Waals surface area contributed by atoms with E-state index in [0.717, 1.165) is 0 Å². The molecule has 0 aromatic carbocycles. The average Bonchev–Trinajstić information content (AvgIpc) is 2.06. The highest BCUT2D eigenvalue weighted by Gasteiger charge is 2.32. The first kappa shape index (κ1) is 12.9. The fourth-order valence-electron chi connectivity index (χ4n) is 1.78. The third kappa shape index (κ3) is 3.43. The monoisotopic (exact) mass is 235 g/mol. The number of hydrogen-bond acceptors (Lipinski definition) is 3. The summed E-state index contributed by atoms with van der Waals surface area (Å²) in [6, 6.07) is -0.0371. The normalized spacial score (nSPS) is 29.7. The maximum Gasteiger partial charge on any atom is 0.214 e. The molecular formula is C10H21NO3S. The first-order chi connectivity index (χ1) is 6.83. The van der Waals surface area contributed by atoms with Crippen molar-refractivity contribution in [3.8, 4) is 0 Å². The fourth-order valence-corrected chi connectivity index (χ4v) is 3.86. The van der Waals surface area contributed by atoms with E-state index >= 15 is 0 Å². The second-order valence-electron chi connectivity index (χ2n) is 4.74. The van der Waals surface area contributed by atoms with E-state index in [4.69, 9.17) is 4.74 Å². The Labute approximate surface area is 92.7 Å². The molecule has 1 aliphatic heterocycles. The minimum atomic E-state index is -3.11. The van der Waals surface area contributed by atoms with Crippen molar-refractivity contribution in [2.24, 2.45) is 5.92 Å². The fraction of sp³-hybridized carbons (Fsp3) is 1.00. The van der Waals surface area contributed by atoms with Crippen LogP contribution >= 0.6 is 0 Å². The van der Waals surface area contributed by atoms with Crippen LogP contribution in [0.1, 0.15) is 27.7 Å². The molecule has 1 saturated heterocycles. The van der Waals surface area contributed by atoms with Crippen molar-refractivity contribution in [1.29, 1.82) is 0 Å². The topological polar surface area (TPSA) is 46.6 Å². The summed E-state index contributed by atoms with van der Waals surface area (Å²) in [4.78, 5) is 0. The van der Waals surface area contributed by atoms with E-state index in [9.17, 15) is 8.42 Å². The van der Waals surface area contributed by atoms with Crippen LogP contribution in [0.25, 0.3) is 0 Å². The molecule has 0 radical (unpaired) electrons. The van der Waals surface area contributed by atoms with Gasteiger partial charge in [0.05, 0.1) is 18.5 Å². The van der Waals surface area contributed by atoms with Gasteiger partial charge in [0.15, 0.2) is 0 Å². The predicted molar refractivity (Wildman–Crippen MR) is 60.2 cm³/mol. The Kier molecular flexibility index (Phi) is 4.14. The van der Waals surface area contributed by atoms with Gasteiger partial charge in [-0.15, -0.1) is 0 Å². The SMILES string of the molecule is CC(C)CS(=O)(=O)N1C[C@@H](C)OC[C@@H]1C. The van der Waals surface area contributed by atoms with Crippen LogP contribution in [-0.2, 0) is 14.8 Å². The molecule has 1 rings (SSSR count). The van der Waals surface area contributed by atoms with Crippen LogP contribution in [0.3, 0.4) is 0 Å². The number of morpholine rings is 1. The number of sulfonamides is 1. The molecule has 90 valence electrons. The summed E-state index contributed by atoms with van der Waals surface area (Å²) in [5, 5.41) is 0. The number of hydrogen-bond donors (Lipinski definition) is 0. The third-order valence-corrected chi connectivity index (χ3v) is 4.76. The van der Waals surface area contributed by atoms with Crippen molar-refractivity contribution < 1.29 is 13.2 Å². The van der Waals surface area contributed by atoms with Crippen molar-refractivity contribution in [2.45, 2.75) is 39.8 Å². The smallest absolute Gasteiger partial charge is 0.214 e. The van der Waals surface area contributed by atoms with Crippen LogP contribution in [0.15, 0.2) is 0 Å². The minimum absolute atomic E-state index is 0.00290. The van der Waals surface area contributed by atoms with Crippen LogP contribution in [0.5, 0.6) is 0 Å². The molecule has 15 heavy (non-hydrogen) atoms. The first-order valence-electron chi connectivity index (χ1n) is 5.44. The number of rotatable bonds is 3. The average molecular weight is 235 g/mol. The molecular weight excluding hydrogens is 214 g/mol. The van der Waals surface area contributed by atoms with Gasteiger partial charge in [0.25, 0.3) is 0 Å². The molecule has 0 aliphatic carbocycles. The van der Waals surface area contributed by atoms with E-state index < -0.39 is 10.0 Å². The summed E-state index contributed by atoms with van der Waals surface area (Å²) >= 11 is 0. The van der Waals surface area contributed by atoms with Gasteiger partial charge in [-0.3, -0.25) is 0 Å². The molecule has 0 aromatic rings. The van der Waals surface area contributed by atoms with Gasteiger partial charge in [0.1, 0.15) is 0 Å². The van der Waals surface area contributed by atoms with E-state index in [0.29, 0.717) is 13.2 Å². The van der Waals surface area contributed by atoms with Gasteiger partial charge < -0.3 is 4.74 Å². The maximum atomic E-state index is 12.0. The molecule has 2 atom stereocenters. The Morgan fingerprint density at radius 3 is 2.53 bits per heavy atom. The van der Waals surface area contributed by atoms with Crippen molar-refractivity contribution in [3.05, 3.63) is 0 Å². The zero-order chi connectivity index (χ0) is 11.6. The summed E-state index contributed by atoms with van der Waals surface area (Å²) in [6.45, 7) is 8.63. The summed E-state index contributed by atoms with van der Waals surface area (Å²) in [5.41, 5.74) is 0. The molecule has 4 nitrogen and oxygen atoms in total. The first-order valence-corrected chi connectivity index (χ1v) is 7.05. The van der Waals surface area contributed by atoms with Crippen molar-refractivity contribution in [2.75, 3.05) is 18.9 Å². The highest BCUT2D eigenvalue weighted by molar-refractivity contribution is 7.89. The van der Waals surface area contributed by atoms with Crippen LogP contribution in [-0.4, -0.2) is 43.8 Å². The molecule has 0 saturated carbocycles. The van der Waals surface area contributed by atoms with E-state index in [-0.39, 0.29) is 23.8 Å². The van der Waals surface area contributed by atoms with Crippen LogP contribution in [0, 0.1) is 5.92 Å². The standard InChI is InChI=1S/C10H21NO3S/c1-8(2)7-15(12,13)11-5-10(4)14-6-9(11)3/h8-10H,5-7H2,1-4H3/t9-,10+/m0/s1.